The molecule has 3 N–H and O–H groups in total. The van der Waals surface area contributed by atoms with E-state index in [-0.39, 0.29) is 5.95 Å². The van der Waals surface area contributed by atoms with Crippen molar-refractivity contribution in [2.75, 3.05) is 17.6 Å². The van der Waals surface area contributed by atoms with Crippen molar-refractivity contribution in [3.8, 4) is 0 Å². The average molecular weight is 285 g/mol. The van der Waals surface area contributed by atoms with Crippen molar-refractivity contribution < 1.29 is 13.2 Å². The maximum atomic E-state index is 11.8. The van der Waals surface area contributed by atoms with Crippen LogP contribution in [0.3, 0.4) is 0 Å². The molecule has 0 aliphatic heterocycles. The first-order chi connectivity index (χ1) is 9.43. The second-order valence-corrected chi connectivity index (χ2v) is 3.56. The molecule has 0 aliphatic carbocycles. The number of hydrogen-bond acceptors (Lipinski definition) is 5. The quantitative estimate of drug-likeness (QED) is 0.887. The lowest BCUT2D eigenvalue weighted by Crippen LogP contribution is -2.04. The van der Waals surface area contributed by atoms with Crippen LogP contribution >= 0.6 is 0 Å². The topological polar surface area (TPSA) is 76.7 Å². The number of nitrogens with one attached hydrogen (secondary N) is 1. The van der Waals surface area contributed by atoms with E-state index in [1.54, 1.807) is 6.07 Å². The van der Waals surface area contributed by atoms with E-state index in [4.69, 9.17) is 5.73 Å². The van der Waals surface area contributed by atoms with Crippen LogP contribution in [0.1, 0.15) is 12.5 Å². The van der Waals surface area contributed by atoms with Crippen molar-refractivity contribution in [1.82, 2.24) is 15.0 Å². The standard InChI is InChI=1S/C7H5F3.C5H9N5/c8-7(9,10)6-4-2-1-3-5-6;1-2-7-5-9-3-8-4(6)10-5/h1-5H;3H,2H2,1H3,(H3,6,7,8,9,10). The van der Waals surface area contributed by atoms with Crippen molar-refractivity contribution in [1.29, 1.82) is 0 Å². The molecule has 0 radical (unpaired) electrons. The molecule has 8 heteroatoms. The highest BCUT2D eigenvalue weighted by Gasteiger charge is 2.29. The first kappa shape index (κ1) is 15.7. The van der Waals surface area contributed by atoms with E-state index in [9.17, 15) is 13.2 Å². The molecule has 1 aromatic carbocycles. The summed E-state index contributed by atoms with van der Waals surface area (Å²) in [5, 5.41) is 2.91. The Morgan fingerprint density at radius 1 is 1.15 bits per heavy atom. The van der Waals surface area contributed by atoms with Gasteiger partial charge in [0.25, 0.3) is 0 Å². The minimum absolute atomic E-state index is 0.242. The minimum atomic E-state index is -4.21. The molecule has 0 saturated heterocycles. The zero-order chi connectivity index (χ0) is 15.0. The molecule has 108 valence electrons. The summed E-state index contributed by atoms with van der Waals surface area (Å²) in [4.78, 5) is 11.3. The lowest BCUT2D eigenvalue weighted by molar-refractivity contribution is -0.137. The summed E-state index contributed by atoms with van der Waals surface area (Å²) in [5.74, 6) is 0.765. The van der Waals surface area contributed by atoms with Crippen LogP contribution in [0.5, 0.6) is 0 Å². The van der Waals surface area contributed by atoms with Crippen molar-refractivity contribution in [2.45, 2.75) is 13.1 Å². The van der Waals surface area contributed by atoms with Crippen molar-refractivity contribution in [3.05, 3.63) is 42.2 Å². The van der Waals surface area contributed by atoms with Gasteiger partial charge in [-0.05, 0) is 6.92 Å². The van der Waals surface area contributed by atoms with Gasteiger partial charge in [-0.25, -0.2) is 9.97 Å². The normalized spacial score (nSPS) is 10.4. The van der Waals surface area contributed by atoms with Crippen LogP contribution in [0.15, 0.2) is 36.7 Å². The highest BCUT2D eigenvalue weighted by molar-refractivity contribution is 5.28. The Morgan fingerprint density at radius 2 is 1.80 bits per heavy atom. The lowest BCUT2D eigenvalue weighted by atomic mass is 10.2. The van der Waals surface area contributed by atoms with Crippen molar-refractivity contribution in [2.24, 2.45) is 0 Å². The van der Waals surface area contributed by atoms with E-state index in [0.29, 0.717) is 5.95 Å². The molecular weight excluding hydrogens is 271 g/mol. The maximum absolute atomic E-state index is 11.8. The number of hydrogen-bond donors (Lipinski definition) is 2. The number of halogens is 3. The molecule has 0 fully saturated rings. The van der Waals surface area contributed by atoms with Gasteiger partial charge in [0.1, 0.15) is 6.33 Å². The Hall–Kier alpha value is -2.38. The Balaban J connectivity index is 0.000000200. The molecule has 20 heavy (non-hydrogen) atoms. The Morgan fingerprint density at radius 3 is 2.25 bits per heavy atom. The van der Waals surface area contributed by atoms with Gasteiger partial charge in [-0.15, -0.1) is 0 Å². The van der Waals surface area contributed by atoms with Gasteiger partial charge in [0.05, 0.1) is 5.56 Å². The highest BCUT2D eigenvalue weighted by atomic mass is 19.4. The van der Waals surface area contributed by atoms with Crippen LogP contribution in [-0.2, 0) is 6.18 Å². The van der Waals surface area contributed by atoms with E-state index >= 15 is 0 Å². The number of anilines is 2. The van der Waals surface area contributed by atoms with Gasteiger partial charge < -0.3 is 11.1 Å². The molecule has 0 atom stereocenters. The summed E-state index contributed by atoms with van der Waals surface area (Å²) < 4.78 is 35.4. The van der Waals surface area contributed by atoms with Crippen molar-refractivity contribution in [3.63, 3.8) is 0 Å². The molecule has 0 spiro atoms. The molecule has 2 aromatic rings. The van der Waals surface area contributed by atoms with Gasteiger partial charge in [-0.3, -0.25) is 0 Å². The second kappa shape index (κ2) is 7.27. The summed E-state index contributed by atoms with van der Waals surface area (Å²) in [6.45, 7) is 2.74. The molecule has 1 heterocycles. The summed E-state index contributed by atoms with van der Waals surface area (Å²) in [6.07, 6.45) is -2.83. The van der Waals surface area contributed by atoms with Crippen LogP contribution in [0, 0.1) is 0 Å². The zero-order valence-electron chi connectivity index (χ0n) is 10.7. The van der Waals surface area contributed by atoms with Gasteiger partial charge in [0.15, 0.2) is 0 Å². The molecule has 1 aromatic heterocycles. The Labute approximate surface area is 114 Å². The molecular formula is C12H14F3N5. The van der Waals surface area contributed by atoms with Crippen LogP contribution in [0.2, 0.25) is 0 Å². The van der Waals surface area contributed by atoms with E-state index < -0.39 is 11.7 Å². The number of nitrogens with zero attached hydrogens (tertiary/aromatic N) is 3. The summed E-state index contributed by atoms with van der Waals surface area (Å²) in [7, 11) is 0. The molecule has 0 unspecified atom stereocenters. The summed E-state index contributed by atoms with van der Waals surface area (Å²) in [5.41, 5.74) is 4.68. The fourth-order valence-corrected chi connectivity index (χ4v) is 1.18. The van der Waals surface area contributed by atoms with Gasteiger partial charge >= 0.3 is 6.18 Å². The molecule has 0 amide bonds. The van der Waals surface area contributed by atoms with Gasteiger partial charge in [0, 0.05) is 6.54 Å². The SMILES string of the molecule is CCNc1ncnc(N)n1.FC(F)(F)c1ccccc1. The fraction of sp³-hybridized carbons (Fsp3) is 0.250. The van der Waals surface area contributed by atoms with Crippen LogP contribution in [-0.4, -0.2) is 21.5 Å². The number of nitrogen functional groups attached to an aromatic ring is 1. The highest BCUT2D eigenvalue weighted by Crippen LogP contribution is 2.28. The zero-order valence-corrected chi connectivity index (χ0v) is 10.7. The largest absolute Gasteiger partial charge is 0.416 e. The predicted molar refractivity (Wildman–Crippen MR) is 69.8 cm³/mol. The van der Waals surface area contributed by atoms with Crippen LogP contribution in [0.25, 0.3) is 0 Å². The first-order valence-electron chi connectivity index (χ1n) is 5.74. The third kappa shape index (κ3) is 5.51. The van der Waals surface area contributed by atoms with E-state index in [0.717, 1.165) is 18.7 Å². The molecule has 0 bridgehead atoms. The average Bonchev–Trinajstić information content (AvgIpc) is 2.40. The van der Waals surface area contributed by atoms with Gasteiger partial charge in [-0.1, -0.05) is 30.3 Å². The van der Waals surface area contributed by atoms with Crippen LogP contribution < -0.4 is 11.1 Å². The first-order valence-corrected chi connectivity index (χ1v) is 5.74. The molecule has 5 nitrogen and oxygen atoms in total. The van der Waals surface area contributed by atoms with E-state index in [1.807, 2.05) is 6.92 Å². The molecule has 0 aliphatic rings. The number of alkyl halides is 3. The number of rotatable bonds is 2. The fourth-order valence-electron chi connectivity index (χ4n) is 1.18. The van der Waals surface area contributed by atoms with Crippen molar-refractivity contribution >= 4 is 11.9 Å². The summed E-state index contributed by atoms with van der Waals surface area (Å²) >= 11 is 0. The Kier molecular flexibility index (Phi) is 5.70. The minimum Gasteiger partial charge on any atom is -0.368 e. The Bertz CT molecular complexity index is 516. The van der Waals surface area contributed by atoms with E-state index in [2.05, 4.69) is 20.3 Å². The lowest BCUT2D eigenvalue weighted by Gasteiger charge is -2.03. The third-order valence-electron chi connectivity index (χ3n) is 2.03. The van der Waals surface area contributed by atoms with Crippen LogP contribution in [0.4, 0.5) is 25.1 Å². The monoisotopic (exact) mass is 285 g/mol. The molecule has 2 rings (SSSR count). The second-order valence-electron chi connectivity index (χ2n) is 3.56. The number of aromatic nitrogens is 3. The number of benzene rings is 1. The predicted octanol–water partition coefficient (Wildman–Crippen LogP) is 2.59. The van der Waals surface area contributed by atoms with Gasteiger partial charge in [0.2, 0.25) is 11.9 Å². The maximum Gasteiger partial charge on any atom is 0.416 e. The smallest absolute Gasteiger partial charge is 0.368 e. The number of nitrogens with two attached hydrogens (primary N) is 1. The third-order valence-corrected chi connectivity index (χ3v) is 2.03. The molecule has 0 saturated carbocycles. The van der Waals surface area contributed by atoms with Gasteiger partial charge in [-0.2, -0.15) is 18.2 Å². The van der Waals surface area contributed by atoms with E-state index in [1.165, 1.54) is 18.5 Å². The summed E-state index contributed by atoms with van der Waals surface area (Å²) in [6, 6.07) is 6.36.